The Morgan fingerprint density at radius 3 is 2.42 bits per heavy atom. The van der Waals surface area contributed by atoms with Crippen molar-refractivity contribution >= 4 is 5.84 Å². The fourth-order valence-corrected chi connectivity index (χ4v) is 0.995. The predicted molar refractivity (Wildman–Crippen MR) is 52.5 cm³/mol. The topological polar surface area (TPSA) is 35.8 Å². The summed E-state index contributed by atoms with van der Waals surface area (Å²) in [5.41, 5.74) is -1.03. The first-order valence-electron chi connectivity index (χ1n) is 4.04. The lowest BCUT2D eigenvalue weighted by molar-refractivity contribution is 0.171. The van der Waals surface area contributed by atoms with Gasteiger partial charge in [0.25, 0.3) is 0 Å². The molecule has 0 aromatic carbocycles. The molecular weight excluding hydrogens is 152 g/mol. The number of amidine groups is 1. The van der Waals surface area contributed by atoms with Gasteiger partial charge < -0.3 is 10.0 Å². The van der Waals surface area contributed by atoms with Crippen LogP contribution in [0.3, 0.4) is 0 Å². The highest BCUT2D eigenvalue weighted by atomic mass is 16.3. The number of rotatable bonds is 3. The number of hydrogen-bond acceptors (Lipinski definition) is 2. The van der Waals surface area contributed by atoms with Crippen LogP contribution in [0.5, 0.6) is 0 Å². The zero-order valence-corrected chi connectivity index (χ0v) is 8.33. The van der Waals surface area contributed by atoms with Crippen LogP contribution in [0.15, 0.2) is 17.6 Å². The molecule has 3 nitrogen and oxygen atoms in total. The predicted octanol–water partition coefficient (Wildman–Crippen LogP) is 0.903. The highest BCUT2D eigenvalue weighted by Crippen LogP contribution is 2.09. The summed E-state index contributed by atoms with van der Waals surface area (Å²) in [5.74, 6) is 0.639. The third-order valence-corrected chi connectivity index (χ3v) is 1.58. The molecule has 0 bridgehead atoms. The highest BCUT2D eigenvalue weighted by Gasteiger charge is 2.24. The fraction of sp³-hybridized carbons (Fsp3) is 0.667. The molecule has 12 heavy (non-hydrogen) atoms. The maximum Gasteiger partial charge on any atom is 0.136 e. The minimum absolute atomic E-state index is 0.639. The maximum atomic E-state index is 9.79. The van der Waals surface area contributed by atoms with Crippen LogP contribution in [0.25, 0.3) is 0 Å². The summed E-state index contributed by atoms with van der Waals surface area (Å²) in [6.45, 7) is 7.83. The molecule has 0 radical (unpaired) electrons. The number of aliphatic imine (C=N–C) groups is 1. The minimum atomic E-state index is -1.03. The summed E-state index contributed by atoms with van der Waals surface area (Å²) in [7, 11) is 3.71. The Hall–Kier alpha value is -0.830. The number of aliphatic hydroxyl groups is 1. The Morgan fingerprint density at radius 1 is 1.67 bits per heavy atom. The second kappa shape index (κ2) is 4.26. The van der Waals surface area contributed by atoms with Crippen molar-refractivity contribution in [3.63, 3.8) is 0 Å². The lowest BCUT2D eigenvalue weighted by Gasteiger charge is -2.27. The van der Waals surface area contributed by atoms with Gasteiger partial charge in [-0.3, -0.25) is 4.99 Å². The molecular formula is C9H18N2O. The molecule has 0 aliphatic carbocycles. The first kappa shape index (κ1) is 11.2. The van der Waals surface area contributed by atoms with Gasteiger partial charge in [-0.1, -0.05) is 12.7 Å². The van der Waals surface area contributed by atoms with Gasteiger partial charge in [0.1, 0.15) is 11.4 Å². The third-order valence-electron chi connectivity index (χ3n) is 1.58. The highest BCUT2D eigenvalue weighted by molar-refractivity contribution is 5.91. The van der Waals surface area contributed by atoms with Gasteiger partial charge in [0.15, 0.2) is 0 Å². The molecule has 0 saturated heterocycles. The molecule has 0 amide bonds. The second-order valence-corrected chi connectivity index (χ2v) is 3.04. The van der Waals surface area contributed by atoms with Crippen molar-refractivity contribution in [1.29, 1.82) is 0 Å². The van der Waals surface area contributed by atoms with Crippen molar-refractivity contribution in [2.75, 3.05) is 20.6 Å². The normalized spacial score (nSPS) is 16.9. The van der Waals surface area contributed by atoms with E-state index in [0.29, 0.717) is 12.4 Å². The summed E-state index contributed by atoms with van der Waals surface area (Å²) in [6.07, 6.45) is 1.49. The Balaban J connectivity index is 4.74. The molecule has 0 aliphatic rings. The standard InChI is InChI=1S/C9H18N2O/c1-6-9(3,12)8(10-7-2)11(4)5/h6,12H,1,7H2,2-5H3. The summed E-state index contributed by atoms with van der Waals surface area (Å²) >= 11 is 0. The SMILES string of the molecule is C=CC(C)(O)C(=NCC)N(C)C. The molecule has 0 fully saturated rings. The number of likely N-dealkylation sites (N-methyl/N-ethyl adjacent to an activating group) is 1. The van der Waals surface area contributed by atoms with Crippen LogP contribution < -0.4 is 0 Å². The van der Waals surface area contributed by atoms with E-state index in [9.17, 15) is 5.11 Å². The van der Waals surface area contributed by atoms with Gasteiger partial charge in [-0.25, -0.2) is 0 Å². The molecule has 0 aromatic rings. The van der Waals surface area contributed by atoms with Gasteiger partial charge in [-0.2, -0.15) is 0 Å². The molecule has 70 valence electrons. The summed E-state index contributed by atoms with van der Waals surface area (Å²) in [4.78, 5) is 5.98. The van der Waals surface area contributed by atoms with Crippen molar-refractivity contribution in [3.8, 4) is 0 Å². The van der Waals surface area contributed by atoms with Gasteiger partial charge in [0, 0.05) is 20.6 Å². The Bertz CT molecular complexity index is 183. The fourth-order valence-electron chi connectivity index (χ4n) is 0.995. The van der Waals surface area contributed by atoms with Gasteiger partial charge in [0.05, 0.1) is 0 Å². The molecule has 3 heteroatoms. The molecule has 0 aromatic heterocycles. The third kappa shape index (κ3) is 2.66. The first-order chi connectivity index (χ1) is 5.45. The van der Waals surface area contributed by atoms with Crippen molar-refractivity contribution in [2.24, 2.45) is 4.99 Å². The molecule has 0 aliphatic heterocycles. The molecule has 0 heterocycles. The monoisotopic (exact) mass is 170 g/mol. The summed E-state index contributed by atoms with van der Waals surface area (Å²) in [6, 6.07) is 0. The number of hydrogen-bond donors (Lipinski definition) is 1. The van der Waals surface area contributed by atoms with Crippen LogP contribution >= 0.6 is 0 Å². The van der Waals surface area contributed by atoms with Crippen LogP contribution in [0.2, 0.25) is 0 Å². The zero-order valence-electron chi connectivity index (χ0n) is 8.33. The van der Waals surface area contributed by atoms with Crippen LogP contribution in [0.4, 0.5) is 0 Å². The second-order valence-electron chi connectivity index (χ2n) is 3.04. The van der Waals surface area contributed by atoms with E-state index in [2.05, 4.69) is 11.6 Å². The van der Waals surface area contributed by atoms with E-state index in [4.69, 9.17) is 0 Å². The zero-order chi connectivity index (χ0) is 9.78. The van der Waals surface area contributed by atoms with Crippen LogP contribution in [0.1, 0.15) is 13.8 Å². The van der Waals surface area contributed by atoms with Crippen molar-refractivity contribution < 1.29 is 5.11 Å². The van der Waals surface area contributed by atoms with E-state index in [-0.39, 0.29) is 0 Å². The van der Waals surface area contributed by atoms with Gasteiger partial charge in [-0.05, 0) is 13.8 Å². The van der Waals surface area contributed by atoms with Crippen LogP contribution in [-0.2, 0) is 0 Å². The molecule has 1 N–H and O–H groups in total. The van der Waals surface area contributed by atoms with E-state index in [0.717, 1.165) is 0 Å². The Morgan fingerprint density at radius 2 is 2.17 bits per heavy atom. The van der Waals surface area contributed by atoms with Crippen molar-refractivity contribution in [3.05, 3.63) is 12.7 Å². The average molecular weight is 170 g/mol. The lowest BCUT2D eigenvalue weighted by atomic mass is 10.1. The van der Waals surface area contributed by atoms with Gasteiger partial charge in [-0.15, -0.1) is 0 Å². The minimum Gasteiger partial charge on any atom is -0.378 e. The molecule has 1 atom stereocenters. The first-order valence-corrected chi connectivity index (χ1v) is 4.04. The van der Waals surface area contributed by atoms with Crippen LogP contribution in [-0.4, -0.2) is 42.1 Å². The van der Waals surface area contributed by atoms with Gasteiger partial charge >= 0.3 is 0 Å². The molecule has 0 saturated carbocycles. The van der Waals surface area contributed by atoms with E-state index >= 15 is 0 Å². The van der Waals surface area contributed by atoms with E-state index < -0.39 is 5.60 Å². The largest absolute Gasteiger partial charge is 0.378 e. The van der Waals surface area contributed by atoms with Crippen molar-refractivity contribution in [2.45, 2.75) is 19.4 Å². The number of nitrogens with zero attached hydrogens (tertiary/aromatic N) is 2. The maximum absolute atomic E-state index is 9.79. The van der Waals surface area contributed by atoms with E-state index in [1.54, 1.807) is 11.8 Å². The molecule has 0 spiro atoms. The molecule has 0 rings (SSSR count). The van der Waals surface area contributed by atoms with Gasteiger partial charge in [0.2, 0.25) is 0 Å². The quantitative estimate of drug-likeness (QED) is 0.388. The average Bonchev–Trinajstić information content (AvgIpc) is 1.99. The summed E-state index contributed by atoms with van der Waals surface area (Å²) < 4.78 is 0. The smallest absolute Gasteiger partial charge is 0.136 e. The Labute approximate surface area is 74.4 Å². The van der Waals surface area contributed by atoms with E-state index in [1.807, 2.05) is 21.0 Å². The lowest BCUT2D eigenvalue weighted by Crippen LogP contribution is -2.42. The summed E-state index contributed by atoms with van der Waals surface area (Å²) in [5, 5.41) is 9.79. The Kier molecular flexibility index (Phi) is 3.96. The van der Waals surface area contributed by atoms with Crippen LogP contribution in [0, 0.1) is 0 Å². The molecule has 1 unspecified atom stereocenters. The van der Waals surface area contributed by atoms with Crippen molar-refractivity contribution in [1.82, 2.24) is 4.90 Å². The van der Waals surface area contributed by atoms with E-state index in [1.165, 1.54) is 6.08 Å².